The summed E-state index contributed by atoms with van der Waals surface area (Å²) in [5.74, 6) is 11.6. The Morgan fingerprint density at radius 2 is 1.92 bits per heavy atom. The van der Waals surface area contributed by atoms with Crippen LogP contribution in [0.5, 0.6) is 0 Å². The maximum atomic E-state index is 5.23. The second-order valence-electron chi connectivity index (χ2n) is 2.95. The van der Waals surface area contributed by atoms with Crippen molar-refractivity contribution >= 4 is 11.8 Å². The fraction of sp³-hybridized carbons (Fsp3) is 0.429. The molecule has 0 bridgehead atoms. The van der Waals surface area contributed by atoms with Gasteiger partial charge in [0.25, 0.3) is 0 Å². The second kappa shape index (κ2) is 4.01. The van der Waals surface area contributed by atoms with E-state index in [9.17, 15) is 0 Å². The quantitative estimate of drug-likeness (QED) is 0.392. The number of nitrogens with two attached hydrogens (primary N) is 2. The van der Waals surface area contributed by atoms with Gasteiger partial charge in [-0.25, -0.2) is 16.7 Å². The van der Waals surface area contributed by atoms with Crippen molar-refractivity contribution in [2.45, 2.75) is 19.8 Å². The molecule has 0 saturated heterocycles. The largest absolute Gasteiger partial charge is 0.308 e. The fourth-order valence-electron chi connectivity index (χ4n) is 0.900. The lowest BCUT2D eigenvalue weighted by molar-refractivity contribution is 0.815. The van der Waals surface area contributed by atoms with Crippen LogP contribution in [0.15, 0.2) is 6.07 Å². The Bertz CT molecular complexity index is 262. The fourth-order valence-corrected chi connectivity index (χ4v) is 0.900. The molecule has 6 nitrogen and oxygen atoms in total. The highest BCUT2D eigenvalue weighted by Gasteiger charge is 2.05. The number of hydrogen-bond acceptors (Lipinski definition) is 6. The molecule has 0 aliphatic carbocycles. The number of nitrogens with one attached hydrogen (secondary N) is 2. The average molecular weight is 182 g/mol. The van der Waals surface area contributed by atoms with E-state index < -0.39 is 0 Å². The second-order valence-corrected chi connectivity index (χ2v) is 2.95. The highest BCUT2D eigenvalue weighted by atomic mass is 15.3. The third kappa shape index (κ3) is 2.27. The Balaban J connectivity index is 3.07. The predicted molar refractivity (Wildman–Crippen MR) is 51.7 cm³/mol. The Morgan fingerprint density at radius 3 is 2.38 bits per heavy atom. The van der Waals surface area contributed by atoms with E-state index in [1.807, 2.05) is 13.8 Å². The molecule has 1 aromatic rings. The Morgan fingerprint density at radius 1 is 1.23 bits per heavy atom. The van der Waals surface area contributed by atoms with Crippen molar-refractivity contribution in [2.75, 3.05) is 10.9 Å². The molecule has 0 amide bonds. The van der Waals surface area contributed by atoms with E-state index in [0.717, 1.165) is 5.69 Å². The van der Waals surface area contributed by atoms with Crippen LogP contribution in [0.3, 0.4) is 0 Å². The third-order valence-electron chi connectivity index (χ3n) is 1.61. The smallest absolute Gasteiger partial charge is 0.239 e. The van der Waals surface area contributed by atoms with E-state index in [1.54, 1.807) is 6.07 Å². The molecule has 0 aliphatic rings. The van der Waals surface area contributed by atoms with Crippen molar-refractivity contribution in [1.82, 2.24) is 9.97 Å². The van der Waals surface area contributed by atoms with Crippen molar-refractivity contribution in [2.24, 2.45) is 11.7 Å². The zero-order valence-electron chi connectivity index (χ0n) is 7.70. The summed E-state index contributed by atoms with van der Waals surface area (Å²) < 4.78 is 0. The van der Waals surface area contributed by atoms with E-state index in [2.05, 4.69) is 20.8 Å². The zero-order chi connectivity index (χ0) is 9.84. The van der Waals surface area contributed by atoms with E-state index in [1.165, 1.54) is 0 Å². The first-order valence-electron chi connectivity index (χ1n) is 3.99. The van der Waals surface area contributed by atoms with Gasteiger partial charge in [-0.1, -0.05) is 13.8 Å². The predicted octanol–water partition coefficient (Wildman–Crippen LogP) is 0.171. The number of aromatic nitrogens is 2. The van der Waals surface area contributed by atoms with Crippen LogP contribution in [-0.2, 0) is 0 Å². The minimum Gasteiger partial charge on any atom is -0.308 e. The van der Waals surface area contributed by atoms with Gasteiger partial charge in [-0.05, 0) is 5.92 Å². The number of rotatable bonds is 3. The summed E-state index contributed by atoms with van der Waals surface area (Å²) in [7, 11) is 0. The lowest BCUT2D eigenvalue weighted by Gasteiger charge is -2.08. The minimum atomic E-state index is 0.308. The summed E-state index contributed by atoms with van der Waals surface area (Å²) in [5.41, 5.74) is 5.71. The number of hydrogen-bond donors (Lipinski definition) is 4. The molecular formula is C7H14N6. The molecule has 1 heterocycles. The average Bonchev–Trinajstić information content (AvgIpc) is 2.16. The van der Waals surface area contributed by atoms with Crippen LogP contribution in [0.4, 0.5) is 11.8 Å². The molecule has 0 aromatic carbocycles. The van der Waals surface area contributed by atoms with Gasteiger partial charge in [0.1, 0.15) is 5.82 Å². The van der Waals surface area contributed by atoms with E-state index >= 15 is 0 Å². The van der Waals surface area contributed by atoms with E-state index in [-0.39, 0.29) is 0 Å². The highest BCUT2D eigenvalue weighted by Crippen LogP contribution is 2.16. The summed E-state index contributed by atoms with van der Waals surface area (Å²) in [6.45, 7) is 4.06. The molecule has 0 spiro atoms. The molecule has 0 atom stereocenters. The Hall–Kier alpha value is -1.40. The summed E-state index contributed by atoms with van der Waals surface area (Å²) >= 11 is 0. The van der Waals surface area contributed by atoms with Crippen LogP contribution < -0.4 is 22.5 Å². The van der Waals surface area contributed by atoms with Gasteiger partial charge in [0.2, 0.25) is 5.95 Å². The first-order chi connectivity index (χ1) is 6.17. The van der Waals surface area contributed by atoms with Gasteiger partial charge in [-0.15, -0.1) is 0 Å². The van der Waals surface area contributed by atoms with Crippen LogP contribution in [0.1, 0.15) is 25.5 Å². The van der Waals surface area contributed by atoms with E-state index in [4.69, 9.17) is 11.7 Å². The van der Waals surface area contributed by atoms with Crippen molar-refractivity contribution in [1.29, 1.82) is 0 Å². The van der Waals surface area contributed by atoms with Crippen molar-refractivity contribution in [3.8, 4) is 0 Å². The molecule has 0 aliphatic heterocycles. The van der Waals surface area contributed by atoms with Gasteiger partial charge in [-0.3, -0.25) is 5.43 Å². The van der Waals surface area contributed by atoms with Crippen molar-refractivity contribution in [3.63, 3.8) is 0 Å². The van der Waals surface area contributed by atoms with Gasteiger partial charge in [0.15, 0.2) is 0 Å². The van der Waals surface area contributed by atoms with Gasteiger partial charge in [0.05, 0.1) is 5.69 Å². The lowest BCUT2D eigenvalue weighted by Crippen LogP contribution is -2.15. The molecule has 72 valence electrons. The first kappa shape index (κ1) is 9.69. The normalized spacial score (nSPS) is 10.2. The molecule has 0 radical (unpaired) electrons. The number of hydrazine groups is 2. The maximum absolute atomic E-state index is 5.23. The molecular weight excluding hydrogens is 168 g/mol. The van der Waals surface area contributed by atoms with Crippen molar-refractivity contribution < 1.29 is 0 Å². The molecule has 1 rings (SSSR count). The zero-order valence-corrected chi connectivity index (χ0v) is 7.70. The minimum absolute atomic E-state index is 0.308. The maximum Gasteiger partial charge on any atom is 0.239 e. The van der Waals surface area contributed by atoms with Gasteiger partial charge < -0.3 is 5.43 Å². The van der Waals surface area contributed by atoms with Crippen molar-refractivity contribution in [3.05, 3.63) is 11.8 Å². The van der Waals surface area contributed by atoms with Gasteiger partial charge in [-0.2, -0.15) is 4.98 Å². The Labute approximate surface area is 76.7 Å². The summed E-state index contributed by atoms with van der Waals surface area (Å²) in [5, 5.41) is 0. The van der Waals surface area contributed by atoms with Crippen LogP contribution >= 0.6 is 0 Å². The summed E-state index contributed by atoms with van der Waals surface area (Å²) in [6.07, 6.45) is 0. The highest BCUT2D eigenvalue weighted by molar-refractivity contribution is 5.41. The van der Waals surface area contributed by atoms with Crippen LogP contribution in [0.2, 0.25) is 0 Å². The molecule has 0 unspecified atom stereocenters. The number of anilines is 2. The molecule has 0 saturated carbocycles. The summed E-state index contributed by atoms with van der Waals surface area (Å²) in [6, 6.07) is 1.78. The van der Waals surface area contributed by atoms with Crippen LogP contribution in [0, 0.1) is 0 Å². The molecule has 1 aromatic heterocycles. The van der Waals surface area contributed by atoms with E-state index in [0.29, 0.717) is 17.7 Å². The van der Waals surface area contributed by atoms with Gasteiger partial charge >= 0.3 is 0 Å². The monoisotopic (exact) mass is 182 g/mol. The third-order valence-corrected chi connectivity index (χ3v) is 1.61. The standard InChI is InChI=1S/C7H14N6/c1-4(2)5-3-6(12-8)11-7(10-5)13-9/h3-4H,8-9H2,1-2H3,(H2,10,11,12,13). The van der Waals surface area contributed by atoms with Crippen LogP contribution in [0.25, 0.3) is 0 Å². The molecule has 0 fully saturated rings. The van der Waals surface area contributed by atoms with Crippen LogP contribution in [-0.4, -0.2) is 9.97 Å². The number of nitrogen functional groups attached to an aromatic ring is 2. The molecule has 6 N–H and O–H groups in total. The first-order valence-corrected chi connectivity index (χ1v) is 3.99. The lowest BCUT2D eigenvalue weighted by atomic mass is 10.1. The molecule has 6 heteroatoms. The Kier molecular flexibility index (Phi) is 2.99. The number of nitrogens with zero attached hydrogens (tertiary/aromatic N) is 2. The molecule has 13 heavy (non-hydrogen) atoms. The summed E-state index contributed by atoms with van der Waals surface area (Å²) in [4.78, 5) is 8.13. The SMILES string of the molecule is CC(C)c1cc(NN)nc(NN)n1. The topological polar surface area (TPSA) is 102 Å². The van der Waals surface area contributed by atoms with Gasteiger partial charge in [0, 0.05) is 6.07 Å².